The Labute approximate surface area is 148 Å². The van der Waals surface area contributed by atoms with Gasteiger partial charge in [0.15, 0.2) is 5.82 Å². The van der Waals surface area contributed by atoms with E-state index in [-0.39, 0.29) is 5.91 Å². The molecule has 0 spiro atoms. The van der Waals surface area contributed by atoms with Crippen LogP contribution in [-0.4, -0.2) is 24.4 Å². The summed E-state index contributed by atoms with van der Waals surface area (Å²) in [6.07, 6.45) is 1.31. The normalized spacial score (nSPS) is 11.1. The highest BCUT2D eigenvalue weighted by atomic mass is 32.1. The maximum absolute atomic E-state index is 12.6. The fourth-order valence-electron chi connectivity index (χ4n) is 2.92. The topological polar surface area (TPSA) is 63.9 Å². The Morgan fingerprint density at radius 2 is 2.08 bits per heavy atom. The summed E-state index contributed by atoms with van der Waals surface area (Å²) in [5.74, 6) is 0.409. The number of benzene rings is 2. The molecule has 4 aromatic rings. The van der Waals surface area contributed by atoms with Crippen molar-refractivity contribution in [1.29, 1.82) is 0 Å². The monoisotopic (exact) mass is 349 g/mol. The molecule has 0 bridgehead atoms. The summed E-state index contributed by atoms with van der Waals surface area (Å²) >= 11 is 1.17. The second kappa shape index (κ2) is 6.10. The van der Waals surface area contributed by atoms with Gasteiger partial charge in [0.2, 0.25) is 0 Å². The molecule has 1 amide bonds. The van der Waals surface area contributed by atoms with E-state index in [0.717, 1.165) is 27.5 Å². The summed E-state index contributed by atoms with van der Waals surface area (Å²) in [5.41, 5.74) is 3.54. The average molecular weight is 349 g/mol. The van der Waals surface area contributed by atoms with Gasteiger partial charge in [-0.05, 0) is 24.3 Å². The molecule has 6 nitrogen and oxygen atoms in total. The zero-order valence-corrected chi connectivity index (χ0v) is 14.4. The number of nitrogens with zero attached hydrogens (tertiary/aromatic N) is 5. The Morgan fingerprint density at radius 3 is 2.92 bits per heavy atom. The quantitative estimate of drug-likeness (QED) is 0.530. The molecule has 25 heavy (non-hydrogen) atoms. The Morgan fingerprint density at radius 1 is 1.24 bits per heavy atom. The van der Waals surface area contributed by atoms with Gasteiger partial charge in [0.25, 0.3) is 5.91 Å². The van der Waals surface area contributed by atoms with Gasteiger partial charge in [0, 0.05) is 18.0 Å². The van der Waals surface area contributed by atoms with Gasteiger partial charge in [0.05, 0.1) is 23.8 Å². The molecule has 0 radical (unpaired) electrons. The molecule has 0 saturated carbocycles. The Balaban J connectivity index is 1.85. The van der Waals surface area contributed by atoms with Crippen LogP contribution in [0.25, 0.3) is 21.9 Å². The average Bonchev–Trinajstić information content (AvgIpc) is 3.25. The van der Waals surface area contributed by atoms with E-state index in [2.05, 4.69) is 20.4 Å². The van der Waals surface area contributed by atoms with Crippen LogP contribution in [0.4, 0.5) is 5.82 Å². The number of hydrogen-bond donors (Lipinski definition) is 0. The van der Waals surface area contributed by atoms with E-state index >= 15 is 0 Å². The second-order valence-corrected chi connectivity index (χ2v) is 6.17. The first-order chi connectivity index (χ1) is 12.2. The molecule has 0 N–H and O–H groups in total. The number of carbonyl (C=O) groups excluding carboxylic acids is 1. The highest BCUT2D eigenvalue weighted by Crippen LogP contribution is 2.28. The molecular weight excluding hydrogens is 334 g/mol. The van der Waals surface area contributed by atoms with Crippen LogP contribution in [-0.2, 0) is 18.4 Å². The Kier molecular flexibility index (Phi) is 3.77. The second-order valence-electron chi connectivity index (χ2n) is 5.64. The first-order valence-electron chi connectivity index (χ1n) is 7.75. The molecule has 0 saturated heterocycles. The lowest BCUT2D eigenvalue weighted by Gasteiger charge is -2.19. The van der Waals surface area contributed by atoms with Crippen LogP contribution in [0.2, 0.25) is 0 Å². The van der Waals surface area contributed by atoms with Crippen LogP contribution in [0, 0.1) is 0 Å². The van der Waals surface area contributed by atoms with Crippen molar-refractivity contribution in [3.8, 4) is 0 Å². The molecule has 0 fully saturated rings. The Bertz CT molecular complexity index is 1100. The van der Waals surface area contributed by atoms with Gasteiger partial charge in [0.1, 0.15) is 11.0 Å². The van der Waals surface area contributed by atoms with Crippen molar-refractivity contribution in [2.24, 2.45) is 7.05 Å². The number of aromatic nitrogens is 4. The minimum absolute atomic E-state index is 0.205. The number of amides is 1. The number of hydrogen-bond acceptors (Lipinski definition) is 5. The van der Waals surface area contributed by atoms with Gasteiger partial charge in [-0.2, -0.15) is 13.8 Å². The number of fused-ring (bicyclic) bond motifs is 2. The molecular formula is C18H15N5OS. The molecule has 0 aliphatic rings. The highest BCUT2D eigenvalue weighted by Gasteiger charge is 2.21. The zero-order chi connectivity index (χ0) is 17.4. The minimum Gasteiger partial charge on any atom is -0.287 e. The van der Waals surface area contributed by atoms with Crippen LogP contribution >= 0.6 is 11.7 Å². The van der Waals surface area contributed by atoms with Gasteiger partial charge >= 0.3 is 0 Å². The van der Waals surface area contributed by atoms with Crippen molar-refractivity contribution in [1.82, 2.24) is 18.5 Å². The third kappa shape index (κ3) is 2.58. The lowest BCUT2D eigenvalue weighted by Crippen LogP contribution is -2.29. The highest BCUT2D eigenvalue weighted by molar-refractivity contribution is 7.00. The van der Waals surface area contributed by atoms with Crippen LogP contribution in [0.5, 0.6) is 0 Å². The predicted octanol–water partition coefficient (Wildman–Crippen LogP) is 3.30. The van der Waals surface area contributed by atoms with Crippen LogP contribution < -0.4 is 4.90 Å². The third-order valence-corrected chi connectivity index (χ3v) is 4.68. The summed E-state index contributed by atoms with van der Waals surface area (Å²) in [5, 5.41) is 5.48. The molecule has 124 valence electrons. The van der Waals surface area contributed by atoms with Crippen molar-refractivity contribution < 1.29 is 4.79 Å². The molecule has 2 aromatic carbocycles. The smallest absolute Gasteiger partial charge is 0.251 e. The Hall–Kier alpha value is -3.06. The molecule has 0 unspecified atom stereocenters. The fourth-order valence-corrected chi connectivity index (χ4v) is 3.49. The maximum Gasteiger partial charge on any atom is 0.251 e. The van der Waals surface area contributed by atoms with E-state index in [9.17, 15) is 4.79 Å². The van der Waals surface area contributed by atoms with Gasteiger partial charge in [-0.15, -0.1) is 0 Å². The number of carbonyl (C=O) groups is 1. The van der Waals surface area contributed by atoms with Crippen molar-refractivity contribution in [3.63, 3.8) is 0 Å². The maximum atomic E-state index is 12.6. The summed E-state index contributed by atoms with van der Waals surface area (Å²) in [6, 6.07) is 13.6. The molecule has 0 aliphatic heterocycles. The van der Waals surface area contributed by atoms with E-state index in [4.69, 9.17) is 0 Å². The lowest BCUT2D eigenvalue weighted by molar-refractivity contribution is -0.114. The van der Waals surface area contributed by atoms with E-state index in [1.165, 1.54) is 17.8 Å². The summed E-state index contributed by atoms with van der Waals surface area (Å²) < 4.78 is 10.4. The van der Waals surface area contributed by atoms with E-state index in [0.29, 0.717) is 12.4 Å². The molecule has 0 atom stereocenters. The predicted molar refractivity (Wildman–Crippen MR) is 99.5 cm³/mol. The van der Waals surface area contributed by atoms with Crippen LogP contribution in [0.3, 0.4) is 0 Å². The molecule has 2 heterocycles. The fraction of sp³-hybridized carbons (Fsp3) is 0.111. The summed E-state index contributed by atoms with van der Waals surface area (Å²) in [6.45, 7) is 3.99. The SMILES string of the molecule is C=CC(=O)N(Cc1cccc2nsnc12)c1nn(C)c2ccccc12. The van der Waals surface area contributed by atoms with E-state index in [1.807, 2.05) is 49.5 Å². The van der Waals surface area contributed by atoms with Gasteiger partial charge in [-0.1, -0.05) is 30.8 Å². The van der Waals surface area contributed by atoms with E-state index in [1.54, 1.807) is 9.58 Å². The third-order valence-electron chi connectivity index (χ3n) is 4.13. The number of rotatable bonds is 4. The lowest BCUT2D eigenvalue weighted by atomic mass is 10.1. The van der Waals surface area contributed by atoms with Crippen molar-refractivity contribution >= 4 is 45.4 Å². The molecule has 4 rings (SSSR count). The van der Waals surface area contributed by atoms with Gasteiger partial charge < -0.3 is 0 Å². The molecule has 0 aliphatic carbocycles. The zero-order valence-electron chi connectivity index (χ0n) is 13.6. The van der Waals surface area contributed by atoms with Crippen LogP contribution in [0.1, 0.15) is 5.56 Å². The number of anilines is 1. The summed E-state index contributed by atoms with van der Waals surface area (Å²) in [7, 11) is 1.87. The first kappa shape index (κ1) is 15.5. The molecule has 2 aromatic heterocycles. The minimum atomic E-state index is -0.205. The first-order valence-corrected chi connectivity index (χ1v) is 8.48. The number of aryl methyl sites for hydroxylation is 1. The van der Waals surface area contributed by atoms with Crippen molar-refractivity contribution in [2.45, 2.75) is 6.54 Å². The van der Waals surface area contributed by atoms with Crippen molar-refractivity contribution in [3.05, 3.63) is 60.7 Å². The molecule has 7 heteroatoms. The summed E-state index contributed by atoms with van der Waals surface area (Å²) in [4.78, 5) is 14.2. The van der Waals surface area contributed by atoms with Crippen molar-refractivity contribution in [2.75, 3.05) is 4.90 Å². The standard InChI is InChI=1S/C18H15N5OS/c1-3-16(24)23(11-12-7-6-9-14-17(12)21-25-20-14)18-13-8-4-5-10-15(13)22(2)19-18/h3-10H,1,11H2,2H3. The largest absolute Gasteiger partial charge is 0.287 e. The van der Waals surface area contributed by atoms with E-state index < -0.39 is 0 Å². The van der Waals surface area contributed by atoms with Crippen LogP contribution in [0.15, 0.2) is 55.1 Å². The van der Waals surface area contributed by atoms with Gasteiger partial charge in [-0.25, -0.2) is 0 Å². The van der Waals surface area contributed by atoms with Gasteiger partial charge in [-0.3, -0.25) is 14.4 Å². The number of para-hydroxylation sites is 1.